The Balaban J connectivity index is 2.58. The SMILES string of the molecule is CCN(C)C(=O)CSc1nc(C)cc(C)n1. The summed E-state index contributed by atoms with van der Waals surface area (Å²) in [6.45, 7) is 6.54. The Bertz CT molecular complexity index is 361. The van der Waals surface area contributed by atoms with Crippen LogP contribution in [0.3, 0.4) is 0 Å². The molecule has 0 N–H and O–H groups in total. The molecule has 1 amide bonds. The summed E-state index contributed by atoms with van der Waals surface area (Å²) in [5.41, 5.74) is 1.87. The van der Waals surface area contributed by atoms with Gasteiger partial charge in [-0.05, 0) is 26.8 Å². The Kier molecular flexibility index (Phi) is 4.73. The molecule has 0 unspecified atom stereocenters. The van der Waals surface area contributed by atoms with E-state index in [4.69, 9.17) is 0 Å². The van der Waals surface area contributed by atoms with Gasteiger partial charge in [-0.25, -0.2) is 9.97 Å². The third-order valence-electron chi connectivity index (χ3n) is 2.19. The maximum atomic E-state index is 11.6. The van der Waals surface area contributed by atoms with E-state index in [9.17, 15) is 4.79 Å². The van der Waals surface area contributed by atoms with Crippen LogP contribution in [-0.4, -0.2) is 40.1 Å². The summed E-state index contributed by atoms with van der Waals surface area (Å²) < 4.78 is 0. The van der Waals surface area contributed by atoms with Gasteiger partial charge in [-0.3, -0.25) is 4.79 Å². The van der Waals surface area contributed by atoms with E-state index in [-0.39, 0.29) is 5.91 Å². The van der Waals surface area contributed by atoms with E-state index < -0.39 is 0 Å². The van der Waals surface area contributed by atoms with E-state index >= 15 is 0 Å². The number of hydrogen-bond acceptors (Lipinski definition) is 4. The van der Waals surface area contributed by atoms with Crippen molar-refractivity contribution < 1.29 is 4.79 Å². The van der Waals surface area contributed by atoms with E-state index in [1.807, 2.05) is 26.8 Å². The Hall–Kier alpha value is -1.10. The highest BCUT2D eigenvalue weighted by atomic mass is 32.2. The first kappa shape index (κ1) is 13.0. The van der Waals surface area contributed by atoms with Gasteiger partial charge in [0.25, 0.3) is 0 Å². The number of nitrogens with zero attached hydrogens (tertiary/aromatic N) is 3. The minimum atomic E-state index is 0.107. The van der Waals surface area contributed by atoms with Gasteiger partial charge in [0.05, 0.1) is 5.75 Å². The number of amides is 1. The van der Waals surface area contributed by atoms with Crippen molar-refractivity contribution in [1.82, 2.24) is 14.9 Å². The van der Waals surface area contributed by atoms with Crippen molar-refractivity contribution in [3.63, 3.8) is 0 Å². The number of carbonyl (C=O) groups is 1. The summed E-state index contributed by atoms with van der Waals surface area (Å²) in [5, 5.41) is 0.676. The first-order valence-electron chi connectivity index (χ1n) is 5.22. The molecule has 0 saturated carbocycles. The lowest BCUT2D eigenvalue weighted by atomic mass is 10.4. The van der Waals surface area contributed by atoms with Crippen LogP contribution in [-0.2, 0) is 4.79 Å². The minimum absolute atomic E-state index is 0.107. The zero-order valence-electron chi connectivity index (χ0n) is 10.1. The number of rotatable bonds is 4. The second kappa shape index (κ2) is 5.84. The molecule has 4 nitrogen and oxygen atoms in total. The summed E-state index contributed by atoms with van der Waals surface area (Å²) in [4.78, 5) is 21.8. The zero-order chi connectivity index (χ0) is 12.1. The fourth-order valence-electron chi connectivity index (χ4n) is 1.17. The molecule has 1 aromatic rings. The van der Waals surface area contributed by atoms with E-state index in [0.717, 1.165) is 17.9 Å². The molecule has 0 atom stereocenters. The average Bonchev–Trinajstić information content (AvgIpc) is 2.23. The van der Waals surface area contributed by atoms with Crippen molar-refractivity contribution in [2.75, 3.05) is 19.3 Å². The molecule has 0 spiro atoms. The smallest absolute Gasteiger partial charge is 0.232 e. The lowest BCUT2D eigenvalue weighted by Gasteiger charge is -2.13. The van der Waals surface area contributed by atoms with Crippen LogP contribution in [0.1, 0.15) is 18.3 Å². The lowest BCUT2D eigenvalue weighted by molar-refractivity contribution is -0.126. The van der Waals surface area contributed by atoms with Crippen LogP contribution in [0.2, 0.25) is 0 Å². The van der Waals surface area contributed by atoms with Gasteiger partial charge in [0.2, 0.25) is 5.91 Å². The minimum Gasteiger partial charge on any atom is -0.345 e. The maximum absolute atomic E-state index is 11.6. The zero-order valence-corrected chi connectivity index (χ0v) is 11.0. The van der Waals surface area contributed by atoms with E-state index in [0.29, 0.717) is 10.9 Å². The summed E-state index contributed by atoms with van der Waals surface area (Å²) >= 11 is 1.39. The maximum Gasteiger partial charge on any atom is 0.232 e. The van der Waals surface area contributed by atoms with Crippen molar-refractivity contribution in [3.8, 4) is 0 Å². The van der Waals surface area contributed by atoms with Crippen molar-refractivity contribution >= 4 is 17.7 Å². The molecule has 1 heterocycles. The van der Waals surface area contributed by atoms with Crippen LogP contribution in [0, 0.1) is 13.8 Å². The average molecular weight is 239 g/mol. The molecule has 0 aliphatic rings. The molecule has 0 bridgehead atoms. The molecule has 0 radical (unpaired) electrons. The Morgan fingerprint density at radius 1 is 1.38 bits per heavy atom. The number of aryl methyl sites for hydroxylation is 2. The first-order chi connectivity index (χ1) is 7.52. The molecule has 88 valence electrons. The van der Waals surface area contributed by atoms with Crippen LogP contribution in [0.25, 0.3) is 0 Å². The number of thioether (sulfide) groups is 1. The standard InChI is InChI=1S/C11H17N3OS/c1-5-14(4)10(15)7-16-11-12-8(2)6-9(3)13-11/h6H,5,7H2,1-4H3. The monoisotopic (exact) mass is 239 g/mol. The molecular formula is C11H17N3OS. The first-order valence-corrected chi connectivity index (χ1v) is 6.20. The summed E-state index contributed by atoms with van der Waals surface area (Å²) in [7, 11) is 1.80. The van der Waals surface area contributed by atoms with Crippen LogP contribution in [0.15, 0.2) is 11.2 Å². The normalized spacial score (nSPS) is 10.2. The fourth-order valence-corrected chi connectivity index (χ4v) is 2.06. The lowest BCUT2D eigenvalue weighted by Crippen LogP contribution is -2.27. The third-order valence-corrected chi connectivity index (χ3v) is 3.02. The van der Waals surface area contributed by atoms with Crippen molar-refractivity contribution in [3.05, 3.63) is 17.5 Å². The molecule has 0 saturated heterocycles. The van der Waals surface area contributed by atoms with Crippen LogP contribution < -0.4 is 0 Å². The number of carbonyl (C=O) groups excluding carboxylic acids is 1. The highest BCUT2D eigenvalue weighted by Crippen LogP contribution is 2.14. The number of hydrogen-bond donors (Lipinski definition) is 0. The molecule has 0 fully saturated rings. The molecule has 0 aromatic carbocycles. The summed E-state index contributed by atoms with van der Waals surface area (Å²) in [6, 6.07) is 1.92. The molecule has 1 aromatic heterocycles. The molecule has 1 rings (SSSR count). The quantitative estimate of drug-likeness (QED) is 0.592. The third kappa shape index (κ3) is 3.81. The Labute approximate surface area is 100 Å². The Morgan fingerprint density at radius 2 is 1.94 bits per heavy atom. The predicted molar refractivity (Wildman–Crippen MR) is 65.5 cm³/mol. The van der Waals surface area contributed by atoms with Gasteiger partial charge in [0, 0.05) is 25.0 Å². The summed E-state index contributed by atoms with van der Waals surface area (Å²) in [6.07, 6.45) is 0. The molecule has 16 heavy (non-hydrogen) atoms. The largest absolute Gasteiger partial charge is 0.345 e. The molecular weight excluding hydrogens is 222 g/mol. The second-order valence-corrected chi connectivity index (χ2v) is 4.57. The second-order valence-electron chi connectivity index (χ2n) is 3.63. The van der Waals surface area contributed by atoms with E-state index in [1.165, 1.54) is 11.8 Å². The van der Waals surface area contributed by atoms with Gasteiger partial charge >= 0.3 is 0 Å². The van der Waals surface area contributed by atoms with E-state index in [2.05, 4.69) is 9.97 Å². The van der Waals surface area contributed by atoms with Gasteiger partial charge in [0.1, 0.15) is 0 Å². The predicted octanol–water partition coefficient (Wildman–Crippen LogP) is 1.66. The summed E-state index contributed by atoms with van der Waals surface area (Å²) in [5.74, 6) is 0.503. The van der Waals surface area contributed by atoms with Gasteiger partial charge in [-0.1, -0.05) is 11.8 Å². The van der Waals surface area contributed by atoms with Gasteiger partial charge in [0.15, 0.2) is 5.16 Å². The highest BCUT2D eigenvalue weighted by Gasteiger charge is 2.08. The van der Waals surface area contributed by atoms with Crippen LogP contribution >= 0.6 is 11.8 Å². The number of aromatic nitrogens is 2. The molecule has 0 aliphatic heterocycles. The van der Waals surface area contributed by atoms with Crippen LogP contribution in [0.4, 0.5) is 0 Å². The highest BCUT2D eigenvalue weighted by molar-refractivity contribution is 7.99. The van der Waals surface area contributed by atoms with E-state index in [1.54, 1.807) is 11.9 Å². The molecule has 0 aliphatic carbocycles. The topological polar surface area (TPSA) is 46.1 Å². The Morgan fingerprint density at radius 3 is 2.44 bits per heavy atom. The van der Waals surface area contributed by atoms with Crippen molar-refractivity contribution in [1.29, 1.82) is 0 Å². The van der Waals surface area contributed by atoms with Crippen molar-refractivity contribution in [2.45, 2.75) is 25.9 Å². The van der Waals surface area contributed by atoms with Gasteiger partial charge in [-0.15, -0.1) is 0 Å². The van der Waals surface area contributed by atoms with Crippen molar-refractivity contribution in [2.24, 2.45) is 0 Å². The van der Waals surface area contributed by atoms with Gasteiger partial charge < -0.3 is 4.90 Å². The fraction of sp³-hybridized carbons (Fsp3) is 0.545. The van der Waals surface area contributed by atoms with Crippen LogP contribution in [0.5, 0.6) is 0 Å². The van der Waals surface area contributed by atoms with Gasteiger partial charge in [-0.2, -0.15) is 0 Å². The molecule has 5 heteroatoms.